The molecule has 0 aliphatic carbocycles. The van der Waals surface area contributed by atoms with Crippen LogP contribution in [0.4, 0.5) is 10.1 Å². The molecule has 114 valence electrons. The van der Waals surface area contributed by atoms with E-state index in [1.54, 1.807) is 0 Å². The van der Waals surface area contributed by atoms with Gasteiger partial charge in [0, 0.05) is 0 Å². The summed E-state index contributed by atoms with van der Waals surface area (Å²) in [4.78, 5) is 23.4. The van der Waals surface area contributed by atoms with Crippen molar-refractivity contribution in [3.05, 3.63) is 29.6 Å². The van der Waals surface area contributed by atoms with Crippen molar-refractivity contribution < 1.29 is 19.1 Å². The number of hydrogen-bond donors (Lipinski definition) is 3. The molecule has 0 spiro atoms. The van der Waals surface area contributed by atoms with Gasteiger partial charge in [-0.2, -0.15) is 0 Å². The lowest BCUT2D eigenvalue weighted by Crippen LogP contribution is -2.50. The van der Waals surface area contributed by atoms with E-state index in [1.165, 1.54) is 6.07 Å². The van der Waals surface area contributed by atoms with Gasteiger partial charge in [0.05, 0.1) is 16.8 Å². The second kappa shape index (κ2) is 6.22. The highest BCUT2D eigenvalue weighted by Crippen LogP contribution is 2.27. The highest BCUT2D eigenvalue weighted by molar-refractivity contribution is 5.99. The fourth-order valence-electron chi connectivity index (χ4n) is 2.75. The minimum absolute atomic E-state index is 0.0596. The Balaban J connectivity index is 2.22. The summed E-state index contributed by atoms with van der Waals surface area (Å²) < 4.78 is 13.8. The third kappa shape index (κ3) is 3.21. The molecule has 0 radical (unpaired) electrons. The van der Waals surface area contributed by atoms with Crippen LogP contribution in [0.25, 0.3) is 0 Å². The van der Waals surface area contributed by atoms with Gasteiger partial charge in [-0.05, 0) is 44.0 Å². The van der Waals surface area contributed by atoms with Gasteiger partial charge in [-0.15, -0.1) is 0 Å². The zero-order valence-corrected chi connectivity index (χ0v) is 11.9. The molecule has 1 saturated heterocycles. The van der Waals surface area contributed by atoms with Crippen molar-refractivity contribution in [2.24, 2.45) is 0 Å². The Kier molecular flexibility index (Phi) is 4.57. The first-order chi connectivity index (χ1) is 9.98. The second-order valence-corrected chi connectivity index (χ2v) is 5.32. The zero-order valence-electron chi connectivity index (χ0n) is 11.9. The molecular weight excluding hydrogens is 275 g/mol. The van der Waals surface area contributed by atoms with Gasteiger partial charge < -0.3 is 15.7 Å². The fourth-order valence-corrected chi connectivity index (χ4v) is 2.75. The van der Waals surface area contributed by atoms with Crippen molar-refractivity contribution in [2.45, 2.75) is 38.1 Å². The number of carbonyl (C=O) groups excluding carboxylic acids is 1. The Morgan fingerprint density at radius 3 is 2.81 bits per heavy atom. The molecule has 0 bridgehead atoms. The Morgan fingerprint density at radius 2 is 2.24 bits per heavy atom. The maximum Gasteiger partial charge on any atom is 0.335 e. The molecule has 1 aromatic rings. The quantitative estimate of drug-likeness (QED) is 0.779. The molecule has 1 atom stereocenters. The first-order valence-electron chi connectivity index (χ1n) is 7.08. The monoisotopic (exact) mass is 294 g/mol. The first kappa shape index (κ1) is 15.4. The van der Waals surface area contributed by atoms with E-state index in [1.807, 2.05) is 6.92 Å². The number of aromatic carboxylic acids is 1. The van der Waals surface area contributed by atoms with E-state index in [4.69, 9.17) is 5.11 Å². The molecule has 5 nitrogen and oxygen atoms in total. The van der Waals surface area contributed by atoms with E-state index in [9.17, 15) is 14.0 Å². The molecule has 21 heavy (non-hydrogen) atoms. The summed E-state index contributed by atoms with van der Waals surface area (Å²) >= 11 is 0. The molecule has 2 rings (SSSR count). The lowest BCUT2D eigenvalue weighted by molar-refractivity contribution is -0.122. The topological polar surface area (TPSA) is 78.4 Å². The van der Waals surface area contributed by atoms with Crippen molar-refractivity contribution in [1.82, 2.24) is 5.32 Å². The molecule has 1 heterocycles. The van der Waals surface area contributed by atoms with Crippen molar-refractivity contribution >= 4 is 17.6 Å². The molecule has 1 fully saturated rings. The molecule has 1 aliphatic heterocycles. The van der Waals surface area contributed by atoms with Crippen LogP contribution in [0.3, 0.4) is 0 Å². The summed E-state index contributed by atoms with van der Waals surface area (Å²) in [5.74, 6) is -2.10. The molecule has 1 aromatic carbocycles. The van der Waals surface area contributed by atoms with Crippen LogP contribution in [0.2, 0.25) is 0 Å². The van der Waals surface area contributed by atoms with Crippen LogP contribution < -0.4 is 10.6 Å². The Hall–Kier alpha value is -1.95. The van der Waals surface area contributed by atoms with Gasteiger partial charge in [-0.3, -0.25) is 4.79 Å². The normalized spacial score (nSPS) is 21.2. The highest BCUT2D eigenvalue weighted by atomic mass is 19.1. The molecule has 1 amide bonds. The predicted molar refractivity (Wildman–Crippen MR) is 76.9 cm³/mol. The number of carboxylic acid groups (broad SMARTS) is 1. The van der Waals surface area contributed by atoms with Gasteiger partial charge in [0.25, 0.3) is 0 Å². The summed E-state index contributed by atoms with van der Waals surface area (Å²) in [7, 11) is 0. The standard InChI is InChI=1S/C15H19FN2O3/c1-2-6-15(7-3-8-17-15)14(21)18-12-9-10(13(19)20)4-5-11(12)16/h4-5,9,17H,2-3,6-8H2,1H3,(H,18,21)(H,19,20). The van der Waals surface area contributed by atoms with E-state index < -0.39 is 17.3 Å². The van der Waals surface area contributed by atoms with E-state index in [-0.39, 0.29) is 17.2 Å². The lowest BCUT2D eigenvalue weighted by Gasteiger charge is -2.28. The number of rotatable bonds is 5. The van der Waals surface area contributed by atoms with Gasteiger partial charge in [0.2, 0.25) is 5.91 Å². The SMILES string of the molecule is CCCC1(C(=O)Nc2cc(C(=O)O)ccc2F)CCCN1. The Morgan fingerprint density at radius 1 is 1.48 bits per heavy atom. The third-order valence-electron chi connectivity index (χ3n) is 3.82. The Labute approximate surface area is 122 Å². The molecule has 0 aromatic heterocycles. The average Bonchev–Trinajstić information content (AvgIpc) is 2.91. The van der Waals surface area contributed by atoms with Crippen molar-refractivity contribution in [3.63, 3.8) is 0 Å². The molecule has 6 heteroatoms. The van der Waals surface area contributed by atoms with Crippen LogP contribution in [-0.4, -0.2) is 29.1 Å². The van der Waals surface area contributed by atoms with Crippen LogP contribution >= 0.6 is 0 Å². The van der Waals surface area contributed by atoms with E-state index >= 15 is 0 Å². The van der Waals surface area contributed by atoms with Crippen molar-refractivity contribution in [3.8, 4) is 0 Å². The van der Waals surface area contributed by atoms with Gasteiger partial charge in [0.1, 0.15) is 5.82 Å². The van der Waals surface area contributed by atoms with Gasteiger partial charge in [-0.1, -0.05) is 13.3 Å². The summed E-state index contributed by atoms with van der Waals surface area (Å²) in [6, 6.07) is 3.36. The number of hydrogen-bond acceptors (Lipinski definition) is 3. The minimum atomic E-state index is -1.16. The molecule has 1 aliphatic rings. The van der Waals surface area contributed by atoms with Crippen LogP contribution in [0.15, 0.2) is 18.2 Å². The molecular formula is C15H19FN2O3. The predicted octanol–water partition coefficient (Wildman–Crippen LogP) is 2.38. The van der Waals surface area contributed by atoms with Crippen molar-refractivity contribution in [2.75, 3.05) is 11.9 Å². The van der Waals surface area contributed by atoms with Gasteiger partial charge in [0.15, 0.2) is 0 Å². The summed E-state index contributed by atoms with van der Waals surface area (Å²) in [5, 5.41) is 14.7. The van der Waals surface area contributed by atoms with E-state index in [2.05, 4.69) is 10.6 Å². The number of nitrogens with one attached hydrogen (secondary N) is 2. The van der Waals surface area contributed by atoms with Crippen molar-refractivity contribution in [1.29, 1.82) is 0 Å². The van der Waals surface area contributed by atoms with Gasteiger partial charge >= 0.3 is 5.97 Å². The maximum absolute atomic E-state index is 13.8. The summed E-state index contributed by atoms with van der Waals surface area (Å²) in [6.45, 7) is 2.74. The molecule has 1 unspecified atom stereocenters. The third-order valence-corrected chi connectivity index (χ3v) is 3.82. The maximum atomic E-state index is 13.8. The number of benzene rings is 1. The zero-order chi connectivity index (χ0) is 15.5. The van der Waals surface area contributed by atoms with Crippen LogP contribution in [0, 0.1) is 5.82 Å². The van der Waals surface area contributed by atoms with Crippen LogP contribution in [0.5, 0.6) is 0 Å². The number of amides is 1. The summed E-state index contributed by atoms with van der Waals surface area (Å²) in [5.41, 5.74) is -0.833. The number of carbonyl (C=O) groups is 2. The van der Waals surface area contributed by atoms with Crippen LogP contribution in [-0.2, 0) is 4.79 Å². The van der Waals surface area contributed by atoms with E-state index in [0.717, 1.165) is 31.5 Å². The smallest absolute Gasteiger partial charge is 0.335 e. The van der Waals surface area contributed by atoms with E-state index in [0.29, 0.717) is 12.8 Å². The molecule has 3 N–H and O–H groups in total. The fraction of sp³-hybridized carbons (Fsp3) is 0.467. The number of carboxylic acids is 1. The minimum Gasteiger partial charge on any atom is -0.478 e. The second-order valence-electron chi connectivity index (χ2n) is 5.32. The van der Waals surface area contributed by atoms with Gasteiger partial charge in [-0.25, -0.2) is 9.18 Å². The molecule has 0 saturated carbocycles. The largest absolute Gasteiger partial charge is 0.478 e. The highest BCUT2D eigenvalue weighted by Gasteiger charge is 2.40. The van der Waals surface area contributed by atoms with Crippen LogP contribution in [0.1, 0.15) is 43.0 Å². The summed E-state index contributed by atoms with van der Waals surface area (Å²) in [6.07, 6.45) is 3.09. The lowest BCUT2D eigenvalue weighted by atomic mass is 9.90. The number of halogens is 1. The first-order valence-corrected chi connectivity index (χ1v) is 7.08. The average molecular weight is 294 g/mol. The number of anilines is 1. The Bertz CT molecular complexity index is 554.